The van der Waals surface area contributed by atoms with Crippen LogP contribution in [-0.2, 0) is 4.74 Å². The molecule has 0 radical (unpaired) electrons. The van der Waals surface area contributed by atoms with E-state index in [-0.39, 0.29) is 5.60 Å². The third-order valence-electron chi connectivity index (χ3n) is 5.17. The van der Waals surface area contributed by atoms with Crippen molar-refractivity contribution in [3.63, 3.8) is 0 Å². The molecule has 2 aliphatic rings. The molecule has 4 atom stereocenters. The first kappa shape index (κ1) is 13.4. The number of epoxide rings is 1. The van der Waals surface area contributed by atoms with Crippen LogP contribution in [0.15, 0.2) is 0 Å². The molecule has 1 aliphatic heterocycles. The van der Waals surface area contributed by atoms with Gasteiger partial charge in [-0.25, -0.2) is 0 Å². The summed E-state index contributed by atoms with van der Waals surface area (Å²) in [6.45, 7) is 11.9. The van der Waals surface area contributed by atoms with Crippen LogP contribution in [0, 0.1) is 17.3 Å². The van der Waals surface area contributed by atoms with E-state index < -0.39 is 0 Å². The maximum atomic E-state index is 5.82. The number of fused-ring (bicyclic) bond motifs is 1. The van der Waals surface area contributed by atoms with Crippen molar-refractivity contribution in [3.8, 4) is 0 Å². The zero-order chi connectivity index (χ0) is 12.7. The summed E-state index contributed by atoms with van der Waals surface area (Å²) in [6, 6.07) is 0. The largest absolute Gasteiger partial charge is 0.366 e. The van der Waals surface area contributed by atoms with E-state index in [1.165, 1.54) is 38.5 Å². The van der Waals surface area contributed by atoms with Gasteiger partial charge in [0.1, 0.15) is 0 Å². The van der Waals surface area contributed by atoms with Crippen LogP contribution >= 0.6 is 0 Å². The Morgan fingerprint density at radius 1 is 1.41 bits per heavy atom. The highest BCUT2D eigenvalue weighted by molar-refractivity contribution is 5.04. The summed E-state index contributed by atoms with van der Waals surface area (Å²) in [5, 5.41) is 0. The molecule has 2 rings (SSSR count). The predicted octanol–water partition coefficient (Wildman–Crippen LogP) is 4.80. The van der Waals surface area contributed by atoms with Crippen molar-refractivity contribution in [2.24, 2.45) is 17.3 Å². The van der Waals surface area contributed by atoms with E-state index in [1.807, 2.05) is 0 Å². The molecule has 0 bridgehead atoms. The maximum Gasteiger partial charge on any atom is 0.0920 e. The molecule has 1 heterocycles. The second kappa shape index (κ2) is 4.57. The zero-order valence-electron chi connectivity index (χ0n) is 12.4. The molecule has 4 unspecified atom stereocenters. The van der Waals surface area contributed by atoms with Gasteiger partial charge in [-0.05, 0) is 56.3 Å². The van der Waals surface area contributed by atoms with Crippen molar-refractivity contribution in [1.82, 2.24) is 0 Å². The first-order valence-electron chi connectivity index (χ1n) is 7.54. The predicted molar refractivity (Wildman–Crippen MR) is 73.1 cm³/mol. The quantitative estimate of drug-likeness (QED) is 0.627. The van der Waals surface area contributed by atoms with E-state index >= 15 is 0 Å². The molecule has 100 valence electrons. The van der Waals surface area contributed by atoms with Crippen LogP contribution in [0.1, 0.15) is 73.1 Å². The van der Waals surface area contributed by atoms with Crippen LogP contribution in [0.3, 0.4) is 0 Å². The number of rotatable bonds is 5. The summed E-state index contributed by atoms with van der Waals surface area (Å²) in [4.78, 5) is 0. The second-order valence-corrected chi connectivity index (χ2v) is 7.55. The van der Waals surface area contributed by atoms with Gasteiger partial charge in [-0.2, -0.15) is 0 Å². The lowest BCUT2D eigenvalue weighted by atomic mass is 9.70. The van der Waals surface area contributed by atoms with E-state index in [1.54, 1.807) is 0 Å². The van der Waals surface area contributed by atoms with Gasteiger partial charge in [-0.15, -0.1) is 0 Å². The molecule has 1 saturated heterocycles. The number of hydrogen-bond acceptors (Lipinski definition) is 1. The van der Waals surface area contributed by atoms with Gasteiger partial charge < -0.3 is 4.74 Å². The Morgan fingerprint density at radius 3 is 2.71 bits per heavy atom. The first-order chi connectivity index (χ1) is 7.86. The molecule has 2 fully saturated rings. The summed E-state index contributed by atoms with van der Waals surface area (Å²) >= 11 is 0. The van der Waals surface area contributed by atoms with Gasteiger partial charge >= 0.3 is 0 Å². The minimum absolute atomic E-state index is 0.287. The normalized spacial score (nSPS) is 38.6. The summed E-state index contributed by atoms with van der Waals surface area (Å²) in [5.41, 5.74) is 0.814. The standard InChI is InChI=1S/C16H30O/c1-6-8-15(3,4)11-12(2)13-7-9-16(5)14(10-13)17-16/h12-14H,6-11H2,1-5H3. The fourth-order valence-electron chi connectivity index (χ4n) is 4.01. The third-order valence-corrected chi connectivity index (χ3v) is 5.17. The van der Waals surface area contributed by atoms with Gasteiger partial charge in [0.25, 0.3) is 0 Å². The van der Waals surface area contributed by atoms with E-state index in [0.717, 1.165) is 11.8 Å². The van der Waals surface area contributed by atoms with Gasteiger partial charge in [-0.1, -0.05) is 34.1 Å². The minimum Gasteiger partial charge on any atom is -0.366 e. The van der Waals surface area contributed by atoms with E-state index in [0.29, 0.717) is 11.5 Å². The summed E-state index contributed by atoms with van der Waals surface area (Å²) in [5.74, 6) is 1.78. The molecular weight excluding hydrogens is 208 g/mol. The van der Waals surface area contributed by atoms with Crippen LogP contribution in [0.5, 0.6) is 0 Å². The first-order valence-corrected chi connectivity index (χ1v) is 7.54. The lowest BCUT2D eigenvalue weighted by molar-refractivity contribution is 0.177. The lowest BCUT2D eigenvalue weighted by Gasteiger charge is -2.34. The van der Waals surface area contributed by atoms with Crippen LogP contribution in [0.4, 0.5) is 0 Å². The Balaban J connectivity index is 1.82. The van der Waals surface area contributed by atoms with Crippen LogP contribution in [0.25, 0.3) is 0 Å². The van der Waals surface area contributed by atoms with Crippen LogP contribution in [-0.4, -0.2) is 11.7 Å². The third kappa shape index (κ3) is 3.05. The lowest BCUT2D eigenvalue weighted by Crippen LogP contribution is -2.28. The fraction of sp³-hybridized carbons (Fsp3) is 1.00. The summed E-state index contributed by atoms with van der Waals surface area (Å²) in [6.07, 6.45) is 8.65. The van der Waals surface area contributed by atoms with Crippen LogP contribution < -0.4 is 0 Å². The van der Waals surface area contributed by atoms with Crippen molar-refractivity contribution in [2.45, 2.75) is 84.8 Å². The summed E-state index contributed by atoms with van der Waals surface area (Å²) in [7, 11) is 0. The molecule has 0 spiro atoms. The Bertz CT molecular complexity index is 271. The van der Waals surface area contributed by atoms with Crippen molar-refractivity contribution in [2.75, 3.05) is 0 Å². The highest BCUT2D eigenvalue weighted by Gasteiger charge is 2.55. The average Bonchev–Trinajstić information content (AvgIpc) is 2.87. The molecule has 0 aromatic carbocycles. The van der Waals surface area contributed by atoms with Gasteiger partial charge in [0.05, 0.1) is 11.7 Å². The van der Waals surface area contributed by atoms with Crippen molar-refractivity contribution in [1.29, 1.82) is 0 Å². The molecule has 0 aromatic rings. The number of hydrogen-bond donors (Lipinski definition) is 0. The molecule has 17 heavy (non-hydrogen) atoms. The van der Waals surface area contributed by atoms with E-state index in [2.05, 4.69) is 34.6 Å². The van der Waals surface area contributed by atoms with E-state index in [4.69, 9.17) is 4.74 Å². The molecule has 0 amide bonds. The Labute approximate surface area is 107 Å². The molecular formula is C16H30O. The topological polar surface area (TPSA) is 12.5 Å². The second-order valence-electron chi connectivity index (χ2n) is 7.55. The minimum atomic E-state index is 0.287. The highest BCUT2D eigenvalue weighted by Crippen LogP contribution is 2.51. The Morgan fingerprint density at radius 2 is 2.12 bits per heavy atom. The van der Waals surface area contributed by atoms with Crippen molar-refractivity contribution >= 4 is 0 Å². The molecule has 0 aromatic heterocycles. The van der Waals surface area contributed by atoms with Gasteiger partial charge in [0, 0.05) is 0 Å². The molecule has 1 nitrogen and oxygen atoms in total. The highest BCUT2D eigenvalue weighted by atomic mass is 16.6. The SMILES string of the molecule is CCCC(C)(C)CC(C)C1CCC2(C)OC2C1. The fourth-order valence-corrected chi connectivity index (χ4v) is 4.01. The van der Waals surface area contributed by atoms with Crippen LogP contribution in [0.2, 0.25) is 0 Å². The van der Waals surface area contributed by atoms with Crippen molar-refractivity contribution in [3.05, 3.63) is 0 Å². The Hall–Kier alpha value is -0.0400. The van der Waals surface area contributed by atoms with Gasteiger partial charge in [0.15, 0.2) is 0 Å². The van der Waals surface area contributed by atoms with Gasteiger partial charge in [0.2, 0.25) is 0 Å². The van der Waals surface area contributed by atoms with Gasteiger partial charge in [-0.3, -0.25) is 0 Å². The smallest absolute Gasteiger partial charge is 0.0920 e. The monoisotopic (exact) mass is 238 g/mol. The average molecular weight is 238 g/mol. The molecule has 1 saturated carbocycles. The summed E-state index contributed by atoms with van der Waals surface area (Å²) < 4.78 is 5.82. The molecule has 1 aliphatic carbocycles. The Kier molecular flexibility index (Phi) is 3.60. The zero-order valence-corrected chi connectivity index (χ0v) is 12.4. The molecule has 0 N–H and O–H groups in total. The molecule has 1 heteroatoms. The maximum absolute atomic E-state index is 5.82. The number of ether oxygens (including phenoxy) is 1. The van der Waals surface area contributed by atoms with Crippen molar-refractivity contribution < 1.29 is 4.74 Å². The van der Waals surface area contributed by atoms with E-state index in [9.17, 15) is 0 Å².